The molecule has 0 unspecified atom stereocenters. The Kier molecular flexibility index (Phi) is 9.71. The highest BCUT2D eigenvalue weighted by Gasteiger charge is 2.31. The lowest BCUT2D eigenvalue weighted by Crippen LogP contribution is -2.36. The van der Waals surface area contributed by atoms with E-state index in [1.165, 1.54) is 30.6 Å². The summed E-state index contributed by atoms with van der Waals surface area (Å²) >= 11 is 0. The molecule has 0 radical (unpaired) electrons. The molecule has 0 fully saturated rings. The molecule has 0 N–H and O–H groups in total. The van der Waals surface area contributed by atoms with Crippen molar-refractivity contribution in [2.24, 2.45) is 5.92 Å². The summed E-state index contributed by atoms with van der Waals surface area (Å²) in [5.41, 5.74) is 3.27. The molecule has 1 aliphatic rings. The van der Waals surface area contributed by atoms with Crippen LogP contribution in [0.2, 0.25) is 0 Å². The van der Waals surface area contributed by atoms with Gasteiger partial charge in [0.15, 0.2) is 0 Å². The number of carbonyl (C=O) groups is 2. The Morgan fingerprint density at radius 2 is 1.64 bits per heavy atom. The minimum Gasteiger partial charge on any atom is -0.460 e. The summed E-state index contributed by atoms with van der Waals surface area (Å²) in [4.78, 5) is 23.1. The van der Waals surface area contributed by atoms with Crippen molar-refractivity contribution in [1.82, 2.24) is 0 Å². The molecule has 0 bridgehead atoms. The second kappa shape index (κ2) is 11.2. The molecule has 0 aliphatic heterocycles. The highest BCUT2D eigenvalue weighted by molar-refractivity contribution is 5.66. The van der Waals surface area contributed by atoms with E-state index in [0.29, 0.717) is 6.42 Å². The zero-order valence-electron chi connectivity index (χ0n) is 18.8. The Hall–Kier alpha value is -1.84. The van der Waals surface area contributed by atoms with Crippen molar-refractivity contribution in [2.75, 3.05) is 0 Å². The lowest BCUT2D eigenvalue weighted by Gasteiger charge is -2.33. The summed E-state index contributed by atoms with van der Waals surface area (Å²) in [6.45, 7) is 13.3. The van der Waals surface area contributed by atoms with Crippen LogP contribution in [-0.4, -0.2) is 23.6 Å². The SMILES string of the molecule is CC(=O)O[C@@H]1/C=C(\C)CC/C=C(\C)CC[C@@H](C(C)(C)OC(C)=O)C/C=C(\C)C1. The molecule has 1 aliphatic carbocycles. The molecular weight excluding hydrogens is 352 g/mol. The van der Waals surface area contributed by atoms with Crippen molar-refractivity contribution in [3.8, 4) is 0 Å². The van der Waals surface area contributed by atoms with Crippen LogP contribution >= 0.6 is 0 Å². The van der Waals surface area contributed by atoms with Crippen molar-refractivity contribution in [3.63, 3.8) is 0 Å². The minimum absolute atomic E-state index is 0.224. The molecule has 0 aromatic rings. The molecule has 0 saturated heterocycles. The first-order chi connectivity index (χ1) is 13.0. The second-order valence-electron chi connectivity index (χ2n) is 8.67. The maximum absolute atomic E-state index is 11.6. The molecule has 0 aromatic carbocycles. The summed E-state index contributed by atoms with van der Waals surface area (Å²) in [6, 6.07) is 0. The second-order valence-corrected chi connectivity index (χ2v) is 8.67. The summed E-state index contributed by atoms with van der Waals surface area (Å²) in [7, 11) is 0. The Labute approximate surface area is 171 Å². The van der Waals surface area contributed by atoms with Crippen molar-refractivity contribution in [3.05, 3.63) is 34.9 Å². The molecule has 4 nitrogen and oxygen atoms in total. The third-order valence-electron chi connectivity index (χ3n) is 5.37. The average Bonchev–Trinajstić information content (AvgIpc) is 2.51. The van der Waals surface area contributed by atoms with Gasteiger partial charge in [-0.1, -0.05) is 28.9 Å². The van der Waals surface area contributed by atoms with Gasteiger partial charge in [0.25, 0.3) is 0 Å². The van der Waals surface area contributed by atoms with Gasteiger partial charge in [0.2, 0.25) is 0 Å². The smallest absolute Gasteiger partial charge is 0.303 e. The lowest BCUT2D eigenvalue weighted by molar-refractivity contribution is -0.159. The third kappa shape index (κ3) is 9.38. The average molecular weight is 391 g/mol. The van der Waals surface area contributed by atoms with E-state index in [-0.39, 0.29) is 24.0 Å². The van der Waals surface area contributed by atoms with E-state index < -0.39 is 5.60 Å². The minimum atomic E-state index is -0.522. The first-order valence-corrected chi connectivity index (χ1v) is 10.3. The Morgan fingerprint density at radius 1 is 0.964 bits per heavy atom. The molecule has 158 valence electrons. The Balaban J connectivity index is 3.12. The summed E-state index contributed by atoms with van der Waals surface area (Å²) < 4.78 is 11.2. The summed E-state index contributed by atoms with van der Waals surface area (Å²) in [5, 5.41) is 0. The van der Waals surface area contributed by atoms with Crippen LogP contribution in [0.25, 0.3) is 0 Å². The monoisotopic (exact) mass is 390 g/mol. The topological polar surface area (TPSA) is 52.6 Å². The molecule has 2 atom stereocenters. The predicted molar refractivity (Wildman–Crippen MR) is 114 cm³/mol. The molecule has 0 aromatic heterocycles. The van der Waals surface area contributed by atoms with Crippen LogP contribution in [0.5, 0.6) is 0 Å². The van der Waals surface area contributed by atoms with Crippen molar-refractivity contribution in [2.45, 2.75) is 98.7 Å². The predicted octanol–water partition coefficient (Wildman–Crippen LogP) is 6.07. The largest absolute Gasteiger partial charge is 0.460 e. The van der Waals surface area contributed by atoms with Crippen LogP contribution in [0.1, 0.15) is 87.0 Å². The molecule has 0 saturated carbocycles. The quantitative estimate of drug-likeness (QED) is 0.433. The van der Waals surface area contributed by atoms with Gasteiger partial charge in [0, 0.05) is 26.2 Å². The highest BCUT2D eigenvalue weighted by Crippen LogP contribution is 2.32. The van der Waals surface area contributed by atoms with Gasteiger partial charge in [-0.05, 0) is 72.8 Å². The van der Waals surface area contributed by atoms with Crippen LogP contribution in [-0.2, 0) is 19.1 Å². The van der Waals surface area contributed by atoms with E-state index in [9.17, 15) is 9.59 Å². The van der Waals surface area contributed by atoms with Gasteiger partial charge in [-0.25, -0.2) is 0 Å². The van der Waals surface area contributed by atoms with E-state index >= 15 is 0 Å². The fraction of sp³-hybridized carbons (Fsp3) is 0.667. The zero-order valence-corrected chi connectivity index (χ0v) is 18.8. The van der Waals surface area contributed by atoms with Gasteiger partial charge in [-0.15, -0.1) is 0 Å². The molecule has 4 heteroatoms. The van der Waals surface area contributed by atoms with E-state index in [2.05, 4.69) is 39.0 Å². The van der Waals surface area contributed by atoms with Crippen molar-refractivity contribution >= 4 is 11.9 Å². The number of ether oxygens (including phenoxy) is 2. The van der Waals surface area contributed by atoms with E-state index in [4.69, 9.17) is 9.47 Å². The fourth-order valence-corrected chi connectivity index (χ4v) is 3.75. The van der Waals surface area contributed by atoms with Gasteiger partial charge >= 0.3 is 11.9 Å². The number of rotatable bonds is 3. The molecule has 0 amide bonds. The standard InChI is InChI=1S/C24H38O4/c1-17-9-8-10-18(2)15-23(27-20(4)25)16-19(3)12-14-22(13-11-17)24(6,7)28-21(5)26/h9,12,15,22-23H,8,10-11,13-14,16H2,1-7H3/b17-9+,18-15+,19-12+/t22-,23-/m1/s1. The van der Waals surface area contributed by atoms with Crippen LogP contribution in [0, 0.1) is 5.92 Å². The van der Waals surface area contributed by atoms with Crippen LogP contribution in [0.3, 0.4) is 0 Å². The fourth-order valence-electron chi connectivity index (χ4n) is 3.75. The summed E-state index contributed by atoms with van der Waals surface area (Å²) in [5.74, 6) is -0.275. The lowest BCUT2D eigenvalue weighted by atomic mass is 9.82. The Bertz CT molecular complexity index is 637. The molecule has 1 rings (SSSR count). The number of allylic oxidation sites excluding steroid dienone is 4. The first kappa shape index (κ1) is 24.2. The maximum atomic E-state index is 11.6. The van der Waals surface area contributed by atoms with Crippen LogP contribution in [0.4, 0.5) is 0 Å². The number of carbonyl (C=O) groups excluding carboxylic acids is 2. The maximum Gasteiger partial charge on any atom is 0.303 e. The van der Waals surface area contributed by atoms with Gasteiger partial charge in [-0.3, -0.25) is 9.59 Å². The van der Waals surface area contributed by atoms with Crippen LogP contribution in [0.15, 0.2) is 34.9 Å². The number of hydrogen-bond donors (Lipinski definition) is 0. The van der Waals surface area contributed by atoms with Gasteiger partial charge in [-0.2, -0.15) is 0 Å². The van der Waals surface area contributed by atoms with Gasteiger partial charge in [0.1, 0.15) is 11.7 Å². The first-order valence-electron chi connectivity index (χ1n) is 10.3. The van der Waals surface area contributed by atoms with E-state index in [1.807, 2.05) is 13.8 Å². The third-order valence-corrected chi connectivity index (χ3v) is 5.37. The van der Waals surface area contributed by atoms with Crippen LogP contribution < -0.4 is 0 Å². The van der Waals surface area contributed by atoms with E-state index in [0.717, 1.165) is 32.1 Å². The molecule has 0 spiro atoms. The normalized spacial score (nSPS) is 28.5. The van der Waals surface area contributed by atoms with E-state index in [1.54, 1.807) is 0 Å². The molecule has 28 heavy (non-hydrogen) atoms. The van der Waals surface area contributed by atoms with Crippen molar-refractivity contribution < 1.29 is 19.1 Å². The Morgan fingerprint density at radius 3 is 2.25 bits per heavy atom. The molecular formula is C24H38O4. The number of esters is 2. The zero-order chi connectivity index (χ0) is 21.3. The van der Waals surface area contributed by atoms with Gasteiger partial charge in [0.05, 0.1) is 0 Å². The summed E-state index contributed by atoms with van der Waals surface area (Å²) in [6.07, 6.45) is 11.8. The molecule has 0 heterocycles. The number of hydrogen-bond acceptors (Lipinski definition) is 4. The van der Waals surface area contributed by atoms with Gasteiger partial charge < -0.3 is 9.47 Å². The highest BCUT2D eigenvalue weighted by atomic mass is 16.6. The van der Waals surface area contributed by atoms with Crippen molar-refractivity contribution in [1.29, 1.82) is 0 Å².